The van der Waals surface area contributed by atoms with Crippen LogP contribution in [0.3, 0.4) is 0 Å². The highest BCUT2D eigenvalue weighted by atomic mass is 32.2. The van der Waals surface area contributed by atoms with Gasteiger partial charge in [-0.2, -0.15) is 0 Å². The van der Waals surface area contributed by atoms with E-state index in [4.69, 9.17) is 5.11 Å². The molecule has 6 nitrogen and oxygen atoms in total. The summed E-state index contributed by atoms with van der Waals surface area (Å²) >= 11 is 1.41. The number of carboxylic acid groups (broad SMARTS) is 1. The van der Waals surface area contributed by atoms with Gasteiger partial charge in [-0.25, -0.2) is 4.39 Å². The SMILES string of the molecule is O=C(O)C[C@H](NC(=O)CN1C(=O)CSc2ccccc21)c1ccc(F)cc1. The normalized spacial score (nSPS) is 14.4. The minimum absolute atomic E-state index is 0.189. The largest absolute Gasteiger partial charge is 0.481 e. The topological polar surface area (TPSA) is 86.7 Å². The molecule has 1 aliphatic heterocycles. The number of hydrogen-bond donors (Lipinski definition) is 2. The molecule has 2 aromatic rings. The summed E-state index contributed by atoms with van der Waals surface area (Å²) in [5, 5.41) is 11.8. The monoisotopic (exact) mass is 388 g/mol. The molecule has 140 valence electrons. The van der Waals surface area contributed by atoms with Crippen LogP contribution >= 0.6 is 11.8 Å². The number of fused-ring (bicyclic) bond motifs is 1. The van der Waals surface area contributed by atoms with Crippen molar-refractivity contribution >= 4 is 35.2 Å². The third-order valence-corrected chi connectivity index (χ3v) is 5.14. The Morgan fingerprint density at radius 3 is 2.59 bits per heavy atom. The van der Waals surface area contributed by atoms with Gasteiger partial charge in [-0.15, -0.1) is 11.8 Å². The quantitative estimate of drug-likeness (QED) is 0.794. The molecule has 0 unspecified atom stereocenters. The maximum Gasteiger partial charge on any atom is 0.305 e. The van der Waals surface area contributed by atoms with Gasteiger partial charge in [0.2, 0.25) is 11.8 Å². The average Bonchev–Trinajstić information content (AvgIpc) is 2.64. The van der Waals surface area contributed by atoms with Crippen LogP contribution in [0, 0.1) is 5.82 Å². The highest BCUT2D eigenvalue weighted by Gasteiger charge is 2.27. The van der Waals surface area contributed by atoms with Gasteiger partial charge in [-0.05, 0) is 29.8 Å². The maximum absolute atomic E-state index is 13.1. The van der Waals surface area contributed by atoms with Crippen molar-refractivity contribution in [3.05, 3.63) is 59.9 Å². The van der Waals surface area contributed by atoms with Gasteiger partial charge in [0.15, 0.2) is 0 Å². The van der Waals surface area contributed by atoms with Crippen molar-refractivity contribution in [3.63, 3.8) is 0 Å². The van der Waals surface area contributed by atoms with Crippen LogP contribution in [0.25, 0.3) is 0 Å². The van der Waals surface area contributed by atoms with Gasteiger partial charge >= 0.3 is 5.97 Å². The standard InChI is InChI=1S/C19H17FN2O4S/c20-13-7-5-12(6-8-13)14(9-19(25)26)21-17(23)10-22-15-3-1-2-4-16(15)27-11-18(22)24/h1-8,14H,9-11H2,(H,21,23)(H,25,26)/t14-/m0/s1. The Morgan fingerprint density at radius 2 is 1.89 bits per heavy atom. The lowest BCUT2D eigenvalue weighted by molar-refractivity contribution is -0.137. The number of carboxylic acids is 1. The first-order valence-corrected chi connectivity index (χ1v) is 9.21. The molecule has 3 rings (SSSR count). The van der Waals surface area contributed by atoms with E-state index in [1.165, 1.54) is 40.9 Å². The molecule has 1 atom stereocenters. The number of benzene rings is 2. The number of para-hydroxylation sites is 1. The summed E-state index contributed by atoms with van der Waals surface area (Å²) < 4.78 is 13.1. The molecule has 0 radical (unpaired) electrons. The Kier molecular flexibility index (Phi) is 5.75. The molecule has 8 heteroatoms. The van der Waals surface area contributed by atoms with Gasteiger partial charge in [0.1, 0.15) is 12.4 Å². The molecule has 1 heterocycles. The number of thioether (sulfide) groups is 1. The van der Waals surface area contributed by atoms with E-state index in [0.29, 0.717) is 11.3 Å². The van der Waals surface area contributed by atoms with Gasteiger partial charge in [0.25, 0.3) is 0 Å². The second-order valence-corrected chi connectivity index (χ2v) is 7.02. The van der Waals surface area contributed by atoms with Crippen LogP contribution in [0.1, 0.15) is 18.0 Å². The Balaban J connectivity index is 1.75. The number of nitrogens with zero attached hydrogens (tertiary/aromatic N) is 1. The number of carbonyl (C=O) groups is 3. The lowest BCUT2D eigenvalue weighted by Crippen LogP contribution is -2.44. The number of rotatable bonds is 6. The summed E-state index contributed by atoms with van der Waals surface area (Å²) in [6, 6.07) is 11.7. The van der Waals surface area contributed by atoms with E-state index in [1.54, 1.807) is 12.1 Å². The van der Waals surface area contributed by atoms with Crippen LogP contribution in [0.4, 0.5) is 10.1 Å². The Morgan fingerprint density at radius 1 is 1.19 bits per heavy atom. The fourth-order valence-corrected chi connectivity index (χ4v) is 3.77. The van der Waals surface area contributed by atoms with E-state index in [9.17, 15) is 18.8 Å². The number of anilines is 1. The van der Waals surface area contributed by atoms with E-state index < -0.39 is 23.7 Å². The molecule has 27 heavy (non-hydrogen) atoms. The zero-order valence-electron chi connectivity index (χ0n) is 14.2. The van der Waals surface area contributed by atoms with Crippen LogP contribution in [0.5, 0.6) is 0 Å². The van der Waals surface area contributed by atoms with Crippen LogP contribution in [0.2, 0.25) is 0 Å². The molecule has 0 aliphatic carbocycles. The number of hydrogen-bond acceptors (Lipinski definition) is 4. The maximum atomic E-state index is 13.1. The molecule has 0 aromatic heterocycles. The molecule has 0 saturated heterocycles. The molecule has 0 saturated carbocycles. The average molecular weight is 388 g/mol. The van der Waals surface area contributed by atoms with Crippen LogP contribution in [-0.2, 0) is 14.4 Å². The molecular weight excluding hydrogens is 371 g/mol. The lowest BCUT2D eigenvalue weighted by atomic mass is 10.0. The molecular formula is C19H17FN2O4S. The minimum Gasteiger partial charge on any atom is -0.481 e. The van der Waals surface area contributed by atoms with Crippen molar-refractivity contribution < 1.29 is 23.9 Å². The Hall–Kier alpha value is -2.87. The highest BCUT2D eigenvalue weighted by molar-refractivity contribution is 8.00. The summed E-state index contributed by atoms with van der Waals surface area (Å²) in [4.78, 5) is 38.2. The summed E-state index contributed by atoms with van der Waals surface area (Å²) in [5.41, 5.74) is 1.14. The smallest absolute Gasteiger partial charge is 0.305 e. The Labute approximate surface area is 159 Å². The lowest BCUT2D eigenvalue weighted by Gasteiger charge is -2.29. The number of nitrogens with one attached hydrogen (secondary N) is 1. The van der Waals surface area contributed by atoms with Gasteiger partial charge in [0, 0.05) is 4.90 Å². The summed E-state index contributed by atoms with van der Waals surface area (Å²) in [6.07, 6.45) is -0.349. The van der Waals surface area contributed by atoms with E-state index in [2.05, 4.69) is 5.32 Å². The second kappa shape index (κ2) is 8.22. The molecule has 0 fully saturated rings. The molecule has 2 aromatic carbocycles. The summed E-state index contributed by atoms with van der Waals surface area (Å²) in [6.45, 7) is -0.215. The van der Waals surface area contributed by atoms with E-state index >= 15 is 0 Å². The summed E-state index contributed by atoms with van der Waals surface area (Å²) in [7, 11) is 0. The zero-order chi connectivity index (χ0) is 19.4. The van der Waals surface area contributed by atoms with Crippen LogP contribution in [0.15, 0.2) is 53.4 Å². The number of aliphatic carboxylic acids is 1. The van der Waals surface area contributed by atoms with Gasteiger partial charge in [-0.3, -0.25) is 14.4 Å². The van der Waals surface area contributed by atoms with Gasteiger partial charge < -0.3 is 15.3 Å². The van der Waals surface area contributed by atoms with Crippen molar-refractivity contribution in [1.29, 1.82) is 0 Å². The minimum atomic E-state index is -1.10. The molecule has 1 aliphatic rings. The third kappa shape index (κ3) is 4.65. The number of halogens is 1. The highest BCUT2D eigenvalue weighted by Crippen LogP contribution is 2.34. The fourth-order valence-electron chi connectivity index (χ4n) is 2.83. The van der Waals surface area contributed by atoms with Crippen LogP contribution < -0.4 is 10.2 Å². The zero-order valence-corrected chi connectivity index (χ0v) is 15.0. The molecule has 2 N–H and O–H groups in total. The number of amides is 2. The molecule has 2 amide bonds. The first-order valence-electron chi connectivity index (χ1n) is 8.23. The van der Waals surface area contributed by atoms with Gasteiger partial charge in [0.05, 0.1) is 23.9 Å². The van der Waals surface area contributed by atoms with Crippen molar-refractivity contribution in [2.75, 3.05) is 17.2 Å². The van der Waals surface area contributed by atoms with Crippen molar-refractivity contribution in [1.82, 2.24) is 5.32 Å². The van der Waals surface area contributed by atoms with E-state index in [-0.39, 0.29) is 24.6 Å². The second-order valence-electron chi connectivity index (χ2n) is 6.01. The van der Waals surface area contributed by atoms with Crippen molar-refractivity contribution in [2.45, 2.75) is 17.4 Å². The Bertz CT molecular complexity index is 872. The van der Waals surface area contributed by atoms with E-state index in [0.717, 1.165) is 4.90 Å². The predicted molar refractivity (Wildman–Crippen MR) is 99.1 cm³/mol. The first-order chi connectivity index (χ1) is 12.9. The fraction of sp³-hybridized carbons (Fsp3) is 0.211. The molecule has 0 spiro atoms. The summed E-state index contributed by atoms with van der Waals surface area (Å²) in [5.74, 6) is -1.99. The van der Waals surface area contributed by atoms with Crippen LogP contribution in [-0.4, -0.2) is 35.2 Å². The van der Waals surface area contributed by atoms with E-state index in [1.807, 2.05) is 12.1 Å². The third-order valence-electron chi connectivity index (χ3n) is 4.10. The molecule has 0 bridgehead atoms. The van der Waals surface area contributed by atoms with Crippen molar-refractivity contribution in [2.24, 2.45) is 0 Å². The van der Waals surface area contributed by atoms with Crippen molar-refractivity contribution in [3.8, 4) is 0 Å². The van der Waals surface area contributed by atoms with Gasteiger partial charge in [-0.1, -0.05) is 24.3 Å². The number of carbonyl (C=O) groups excluding carboxylic acids is 2. The first kappa shape index (κ1) is 18.9. The predicted octanol–water partition coefficient (Wildman–Crippen LogP) is 2.60.